The lowest BCUT2D eigenvalue weighted by atomic mass is 10.2. The Labute approximate surface area is 94.5 Å². The Morgan fingerprint density at radius 3 is 3.12 bits per heavy atom. The standard InChI is InChI=1S/C11H16N2O3/c1-16-11-9(4-2-7-13-11)8-12-6-3-5-10(14)15/h2,4,7,12H,3,5-6,8H2,1H3,(H,14,15). The van der Waals surface area contributed by atoms with E-state index in [4.69, 9.17) is 9.84 Å². The highest BCUT2D eigenvalue weighted by Crippen LogP contribution is 2.12. The second-order valence-corrected chi connectivity index (χ2v) is 3.35. The first-order valence-corrected chi connectivity index (χ1v) is 5.14. The number of nitrogens with zero attached hydrogens (tertiary/aromatic N) is 1. The van der Waals surface area contributed by atoms with Gasteiger partial charge < -0.3 is 15.2 Å². The molecule has 0 radical (unpaired) electrons. The van der Waals surface area contributed by atoms with Gasteiger partial charge in [0.15, 0.2) is 0 Å². The van der Waals surface area contributed by atoms with Gasteiger partial charge >= 0.3 is 5.97 Å². The van der Waals surface area contributed by atoms with E-state index in [1.165, 1.54) is 0 Å². The molecule has 5 nitrogen and oxygen atoms in total. The largest absolute Gasteiger partial charge is 0.481 e. The van der Waals surface area contributed by atoms with E-state index in [0.717, 1.165) is 5.56 Å². The molecule has 0 atom stereocenters. The van der Waals surface area contributed by atoms with Crippen molar-refractivity contribution in [2.75, 3.05) is 13.7 Å². The van der Waals surface area contributed by atoms with Gasteiger partial charge in [-0.3, -0.25) is 4.79 Å². The third-order valence-electron chi connectivity index (χ3n) is 2.10. The van der Waals surface area contributed by atoms with Gasteiger partial charge in [-0.2, -0.15) is 0 Å². The molecule has 0 aromatic carbocycles. The highest BCUT2D eigenvalue weighted by molar-refractivity contribution is 5.66. The number of carboxylic acid groups (broad SMARTS) is 1. The van der Waals surface area contributed by atoms with E-state index in [9.17, 15) is 4.79 Å². The lowest BCUT2D eigenvalue weighted by Crippen LogP contribution is -2.16. The number of hydrogen-bond donors (Lipinski definition) is 2. The van der Waals surface area contributed by atoms with Gasteiger partial charge in [-0.1, -0.05) is 6.07 Å². The van der Waals surface area contributed by atoms with E-state index in [-0.39, 0.29) is 6.42 Å². The maximum absolute atomic E-state index is 10.3. The van der Waals surface area contributed by atoms with Crippen molar-refractivity contribution in [2.24, 2.45) is 0 Å². The number of hydrogen-bond acceptors (Lipinski definition) is 4. The molecule has 0 bridgehead atoms. The Hall–Kier alpha value is -1.62. The zero-order chi connectivity index (χ0) is 11.8. The van der Waals surface area contributed by atoms with Gasteiger partial charge in [0.25, 0.3) is 0 Å². The fraction of sp³-hybridized carbons (Fsp3) is 0.455. The molecule has 0 amide bonds. The number of pyridine rings is 1. The van der Waals surface area contributed by atoms with E-state index in [0.29, 0.717) is 25.4 Å². The predicted octanol–water partition coefficient (Wildman–Crippen LogP) is 1.04. The van der Waals surface area contributed by atoms with Gasteiger partial charge in [0.1, 0.15) is 0 Å². The molecule has 16 heavy (non-hydrogen) atoms. The van der Waals surface area contributed by atoms with Crippen LogP contribution in [-0.4, -0.2) is 29.7 Å². The highest BCUT2D eigenvalue weighted by Gasteiger charge is 2.02. The van der Waals surface area contributed by atoms with Crippen LogP contribution < -0.4 is 10.1 Å². The smallest absolute Gasteiger partial charge is 0.303 e. The minimum absolute atomic E-state index is 0.192. The Bertz CT molecular complexity index is 342. The quantitative estimate of drug-likeness (QED) is 0.677. The average molecular weight is 224 g/mol. The van der Waals surface area contributed by atoms with Crippen LogP contribution in [-0.2, 0) is 11.3 Å². The van der Waals surface area contributed by atoms with Crippen LogP contribution in [0.1, 0.15) is 18.4 Å². The SMILES string of the molecule is COc1ncccc1CNCCCC(=O)O. The number of aromatic nitrogens is 1. The third-order valence-corrected chi connectivity index (χ3v) is 2.10. The number of nitrogens with one attached hydrogen (secondary N) is 1. The van der Waals surface area contributed by atoms with E-state index in [2.05, 4.69) is 10.3 Å². The molecule has 0 aliphatic rings. The molecule has 1 heterocycles. The van der Waals surface area contributed by atoms with Crippen molar-refractivity contribution in [3.8, 4) is 5.88 Å². The van der Waals surface area contributed by atoms with Crippen LogP contribution in [0, 0.1) is 0 Å². The minimum Gasteiger partial charge on any atom is -0.481 e. The second kappa shape index (κ2) is 6.79. The lowest BCUT2D eigenvalue weighted by Gasteiger charge is -2.07. The van der Waals surface area contributed by atoms with Gasteiger partial charge in [-0.25, -0.2) is 4.98 Å². The minimum atomic E-state index is -0.763. The fourth-order valence-electron chi connectivity index (χ4n) is 1.33. The Morgan fingerprint density at radius 2 is 2.44 bits per heavy atom. The summed E-state index contributed by atoms with van der Waals surface area (Å²) >= 11 is 0. The van der Waals surface area contributed by atoms with Crippen LogP contribution in [0.3, 0.4) is 0 Å². The van der Waals surface area contributed by atoms with Gasteiger partial charge in [0.2, 0.25) is 5.88 Å². The van der Waals surface area contributed by atoms with E-state index in [1.807, 2.05) is 12.1 Å². The first-order chi connectivity index (χ1) is 7.74. The van der Waals surface area contributed by atoms with Crippen molar-refractivity contribution in [1.82, 2.24) is 10.3 Å². The summed E-state index contributed by atoms with van der Waals surface area (Å²) in [4.78, 5) is 14.3. The van der Waals surface area contributed by atoms with Crippen LogP contribution in [0.5, 0.6) is 5.88 Å². The molecule has 0 saturated heterocycles. The zero-order valence-electron chi connectivity index (χ0n) is 9.27. The third kappa shape index (κ3) is 4.27. The first kappa shape index (κ1) is 12.4. The number of carboxylic acids is 1. The van der Waals surface area contributed by atoms with E-state index < -0.39 is 5.97 Å². The van der Waals surface area contributed by atoms with Gasteiger partial charge in [0, 0.05) is 24.7 Å². The summed E-state index contributed by atoms with van der Waals surface area (Å²) < 4.78 is 5.10. The maximum atomic E-state index is 10.3. The Morgan fingerprint density at radius 1 is 1.62 bits per heavy atom. The summed E-state index contributed by atoms with van der Waals surface area (Å²) in [6, 6.07) is 3.77. The normalized spacial score (nSPS) is 10.1. The number of carbonyl (C=O) groups is 1. The Kier molecular flexibility index (Phi) is 5.28. The predicted molar refractivity (Wildman–Crippen MR) is 59.4 cm³/mol. The molecule has 1 aromatic rings. The summed E-state index contributed by atoms with van der Waals surface area (Å²) in [6.07, 6.45) is 2.49. The topological polar surface area (TPSA) is 71.5 Å². The molecule has 0 fully saturated rings. The molecule has 0 aliphatic heterocycles. The molecule has 5 heteroatoms. The molecule has 88 valence electrons. The van der Waals surface area contributed by atoms with Crippen LogP contribution in [0.25, 0.3) is 0 Å². The van der Waals surface area contributed by atoms with Gasteiger partial charge in [-0.05, 0) is 19.0 Å². The summed E-state index contributed by atoms with van der Waals surface area (Å²) in [7, 11) is 1.58. The van der Waals surface area contributed by atoms with Crippen LogP contribution >= 0.6 is 0 Å². The zero-order valence-corrected chi connectivity index (χ0v) is 9.27. The van der Waals surface area contributed by atoms with Crippen molar-refractivity contribution < 1.29 is 14.6 Å². The molecule has 0 spiro atoms. The maximum Gasteiger partial charge on any atom is 0.303 e. The summed E-state index contributed by atoms with van der Waals surface area (Å²) in [5.74, 6) is -0.158. The van der Waals surface area contributed by atoms with Gasteiger partial charge in [-0.15, -0.1) is 0 Å². The first-order valence-electron chi connectivity index (χ1n) is 5.14. The molecule has 0 aliphatic carbocycles. The number of rotatable bonds is 7. The van der Waals surface area contributed by atoms with E-state index in [1.54, 1.807) is 13.3 Å². The molecule has 1 rings (SSSR count). The van der Waals surface area contributed by atoms with Crippen molar-refractivity contribution >= 4 is 5.97 Å². The molecule has 0 saturated carbocycles. The van der Waals surface area contributed by atoms with Crippen molar-refractivity contribution in [2.45, 2.75) is 19.4 Å². The summed E-state index contributed by atoms with van der Waals surface area (Å²) in [5, 5.41) is 11.6. The summed E-state index contributed by atoms with van der Waals surface area (Å²) in [6.45, 7) is 1.31. The van der Waals surface area contributed by atoms with Crippen LogP contribution in [0.2, 0.25) is 0 Å². The second-order valence-electron chi connectivity index (χ2n) is 3.35. The van der Waals surface area contributed by atoms with Gasteiger partial charge in [0.05, 0.1) is 7.11 Å². The number of aliphatic carboxylic acids is 1. The van der Waals surface area contributed by atoms with Crippen LogP contribution in [0.15, 0.2) is 18.3 Å². The van der Waals surface area contributed by atoms with Crippen molar-refractivity contribution in [3.05, 3.63) is 23.9 Å². The molecular formula is C11H16N2O3. The average Bonchev–Trinajstić information content (AvgIpc) is 2.29. The monoisotopic (exact) mass is 224 g/mol. The molecule has 0 unspecified atom stereocenters. The van der Waals surface area contributed by atoms with Crippen molar-refractivity contribution in [1.29, 1.82) is 0 Å². The highest BCUT2D eigenvalue weighted by atomic mass is 16.5. The Balaban J connectivity index is 2.28. The number of ether oxygens (including phenoxy) is 1. The lowest BCUT2D eigenvalue weighted by molar-refractivity contribution is -0.137. The van der Waals surface area contributed by atoms with Crippen LogP contribution in [0.4, 0.5) is 0 Å². The summed E-state index contributed by atoms with van der Waals surface area (Å²) in [5.41, 5.74) is 0.973. The molecule has 1 aromatic heterocycles. The molecular weight excluding hydrogens is 208 g/mol. The number of methoxy groups -OCH3 is 1. The fourth-order valence-corrected chi connectivity index (χ4v) is 1.33. The molecule has 2 N–H and O–H groups in total. The van der Waals surface area contributed by atoms with Crippen molar-refractivity contribution in [3.63, 3.8) is 0 Å². The van der Waals surface area contributed by atoms with E-state index >= 15 is 0 Å².